The van der Waals surface area contributed by atoms with E-state index in [0.717, 1.165) is 0 Å². The van der Waals surface area contributed by atoms with Gasteiger partial charge in [-0.3, -0.25) is 19.6 Å². The molecule has 10 heteroatoms. The molecule has 3 rings (SSSR count). The molecule has 1 fully saturated rings. The smallest absolute Gasteiger partial charge is 0.270 e. The van der Waals surface area contributed by atoms with Gasteiger partial charge in [0.05, 0.1) is 40.3 Å². The minimum atomic E-state index is -0.554. The molecular weight excluding hydrogens is 364 g/mol. The Labute approximate surface area is 161 Å². The van der Waals surface area contributed by atoms with Crippen molar-refractivity contribution in [2.75, 3.05) is 18.4 Å². The molecule has 0 spiro atoms. The maximum Gasteiger partial charge on any atom is 0.270 e. The van der Waals surface area contributed by atoms with Crippen LogP contribution in [0, 0.1) is 21.4 Å². The van der Waals surface area contributed by atoms with Gasteiger partial charge in [-0.1, -0.05) is 0 Å². The van der Waals surface area contributed by atoms with Crippen molar-refractivity contribution in [1.82, 2.24) is 14.7 Å². The number of carbonyl (C=O) groups is 1. The Hall–Kier alpha value is -3.45. The molecule has 1 aromatic carbocycles. The van der Waals surface area contributed by atoms with Crippen LogP contribution in [0.5, 0.6) is 0 Å². The Morgan fingerprint density at radius 3 is 2.79 bits per heavy atom. The Morgan fingerprint density at radius 2 is 2.14 bits per heavy atom. The van der Waals surface area contributed by atoms with Gasteiger partial charge in [-0.05, 0) is 19.9 Å². The third-order valence-corrected chi connectivity index (χ3v) is 4.32. The van der Waals surface area contributed by atoms with Gasteiger partial charge in [0.2, 0.25) is 5.91 Å². The summed E-state index contributed by atoms with van der Waals surface area (Å²) in [6.45, 7) is 5.05. The molecule has 1 aliphatic rings. The zero-order valence-corrected chi connectivity index (χ0v) is 15.5. The zero-order chi connectivity index (χ0) is 20.3. The lowest BCUT2D eigenvalue weighted by Crippen LogP contribution is -2.49. The van der Waals surface area contributed by atoms with E-state index in [1.807, 2.05) is 19.9 Å². The SMILES string of the molecule is CC1CN(C(=O)Cn2cc(Nc3ccc([N+](=O)[O-])cc3C#N)cn2)CC(C)O1. The molecule has 1 saturated heterocycles. The molecule has 2 atom stereocenters. The molecule has 28 heavy (non-hydrogen) atoms. The van der Waals surface area contributed by atoms with Crippen molar-refractivity contribution in [2.45, 2.75) is 32.6 Å². The van der Waals surface area contributed by atoms with E-state index in [2.05, 4.69) is 10.4 Å². The third kappa shape index (κ3) is 4.44. The summed E-state index contributed by atoms with van der Waals surface area (Å²) in [5.41, 5.74) is 0.989. The van der Waals surface area contributed by atoms with Gasteiger partial charge in [0.25, 0.3) is 5.69 Å². The van der Waals surface area contributed by atoms with Gasteiger partial charge in [-0.15, -0.1) is 0 Å². The average molecular weight is 384 g/mol. The minimum Gasteiger partial charge on any atom is -0.372 e. The first-order valence-corrected chi connectivity index (χ1v) is 8.77. The van der Waals surface area contributed by atoms with Crippen molar-refractivity contribution in [3.63, 3.8) is 0 Å². The summed E-state index contributed by atoms with van der Waals surface area (Å²) in [6.07, 6.45) is 3.16. The maximum atomic E-state index is 12.5. The fraction of sp³-hybridized carbons (Fsp3) is 0.389. The van der Waals surface area contributed by atoms with Crippen molar-refractivity contribution in [2.24, 2.45) is 0 Å². The number of nitrogens with one attached hydrogen (secondary N) is 1. The van der Waals surface area contributed by atoms with Crippen LogP contribution in [-0.2, 0) is 16.1 Å². The van der Waals surface area contributed by atoms with Crippen molar-refractivity contribution >= 4 is 23.0 Å². The molecule has 1 amide bonds. The number of hydrogen-bond acceptors (Lipinski definition) is 7. The molecular formula is C18H20N6O4. The van der Waals surface area contributed by atoms with E-state index >= 15 is 0 Å². The molecule has 0 radical (unpaired) electrons. The second-order valence-electron chi connectivity index (χ2n) is 6.71. The second kappa shape index (κ2) is 8.06. The van der Waals surface area contributed by atoms with Crippen LogP contribution in [0.4, 0.5) is 17.1 Å². The van der Waals surface area contributed by atoms with E-state index in [0.29, 0.717) is 24.5 Å². The molecule has 2 aromatic rings. The fourth-order valence-corrected chi connectivity index (χ4v) is 3.14. The van der Waals surface area contributed by atoms with Gasteiger partial charge >= 0.3 is 0 Å². The molecule has 1 aliphatic heterocycles. The quantitative estimate of drug-likeness (QED) is 0.617. The number of nitrogens with zero attached hydrogens (tertiary/aromatic N) is 5. The maximum absolute atomic E-state index is 12.5. The molecule has 2 unspecified atom stereocenters. The number of anilines is 2. The number of carbonyl (C=O) groups excluding carboxylic acids is 1. The number of aromatic nitrogens is 2. The normalized spacial score (nSPS) is 19.1. The molecule has 0 saturated carbocycles. The predicted molar refractivity (Wildman–Crippen MR) is 99.9 cm³/mol. The van der Waals surface area contributed by atoms with E-state index in [-0.39, 0.29) is 35.9 Å². The number of nitriles is 1. The molecule has 0 aliphatic carbocycles. The average Bonchev–Trinajstić information content (AvgIpc) is 3.07. The third-order valence-electron chi connectivity index (χ3n) is 4.32. The number of benzene rings is 1. The van der Waals surface area contributed by atoms with E-state index in [1.165, 1.54) is 29.1 Å². The number of non-ortho nitro benzene ring substituents is 1. The summed E-state index contributed by atoms with van der Waals surface area (Å²) in [4.78, 5) is 24.6. The first-order valence-electron chi connectivity index (χ1n) is 8.77. The number of hydrogen-bond donors (Lipinski definition) is 1. The lowest BCUT2D eigenvalue weighted by Gasteiger charge is -2.35. The Morgan fingerprint density at radius 1 is 1.43 bits per heavy atom. The van der Waals surface area contributed by atoms with E-state index in [9.17, 15) is 20.2 Å². The Balaban J connectivity index is 1.67. The molecule has 146 valence electrons. The summed E-state index contributed by atoms with van der Waals surface area (Å²) in [5.74, 6) is -0.0512. The van der Waals surface area contributed by atoms with Crippen LogP contribution in [0.15, 0.2) is 30.6 Å². The Bertz CT molecular complexity index is 924. The van der Waals surface area contributed by atoms with Gasteiger partial charge in [0.1, 0.15) is 12.6 Å². The monoisotopic (exact) mass is 384 g/mol. The zero-order valence-electron chi connectivity index (χ0n) is 15.5. The summed E-state index contributed by atoms with van der Waals surface area (Å²) < 4.78 is 7.14. The summed E-state index contributed by atoms with van der Waals surface area (Å²) in [7, 11) is 0. The van der Waals surface area contributed by atoms with Crippen LogP contribution in [-0.4, -0.2) is 50.8 Å². The van der Waals surface area contributed by atoms with Crippen molar-refractivity contribution in [3.8, 4) is 6.07 Å². The molecule has 1 aromatic heterocycles. The number of morpholine rings is 1. The number of nitro groups is 1. The number of nitro benzene ring substituents is 1. The standard InChI is InChI=1S/C18H20N6O4/c1-12-8-22(9-13(2)28-12)18(25)11-23-10-15(7-20-23)21-17-4-3-16(24(26)27)5-14(17)6-19/h3-5,7,10,12-13,21H,8-9,11H2,1-2H3. The van der Waals surface area contributed by atoms with Crippen LogP contribution in [0.2, 0.25) is 0 Å². The van der Waals surface area contributed by atoms with Gasteiger partial charge in [0, 0.05) is 31.4 Å². The number of amides is 1. The topological polar surface area (TPSA) is 126 Å². The van der Waals surface area contributed by atoms with Gasteiger partial charge < -0.3 is 15.0 Å². The lowest BCUT2D eigenvalue weighted by molar-refractivity contribution is -0.384. The van der Waals surface area contributed by atoms with Crippen LogP contribution in [0.1, 0.15) is 19.4 Å². The van der Waals surface area contributed by atoms with E-state index in [1.54, 1.807) is 11.1 Å². The highest BCUT2D eigenvalue weighted by atomic mass is 16.6. The minimum absolute atomic E-state index is 0.00547. The first-order chi connectivity index (χ1) is 13.4. The van der Waals surface area contributed by atoms with Crippen molar-refractivity contribution in [1.29, 1.82) is 5.26 Å². The van der Waals surface area contributed by atoms with Gasteiger partial charge in [-0.25, -0.2) is 0 Å². The van der Waals surface area contributed by atoms with Crippen molar-refractivity contribution < 1.29 is 14.5 Å². The van der Waals surface area contributed by atoms with Gasteiger partial charge in [0.15, 0.2) is 0 Å². The number of rotatable bonds is 5. The molecule has 0 bridgehead atoms. The predicted octanol–water partition coefficient (Wildman–Crippen LogP) is 2.04. The Kier molecular flexibility index (Phi) is 5.56. The first kappa shape index (κ1) is 19.3. The molecule has 1 N–H and O–H groups in total. The lowest BCUT2D eigenvalue weighted by atomic mass is 10.1. The number of ether oxygens (including phenoxy) is 1. The van der Waals surface area contributed by atoms with Gasteiger partial charge in [-0.2, -0.15) is 10.4 Å². The molecule has 10 nitrogen and oxygen atoms in total. The summed E-state index contributed by atoms with van der Waals surface area (Å²) in [6, 6.07) is 5.93. The highest BCUT2D eigenvalue weighted by Gasteiger charge is 2.26. The summed E-state index contributed by atoms with van der Waals surface area (Å²) in [5, 5.41) is 27.2. The fourth-order valence-electron chi connectivity index (χ4n) is 3.14. The second-order valence-corrected chi connectivity index (χ2v) is 6.71. The highest BCUT2D eigenvalue weighted by Crippen LogP contribution is 2.24. The van der Waals surface area contributed by atoms with Crippen LogP contribution in [0.25, 0.3) is 0 Å². The van der Waals surface area contributed by atoms with E-state index in [4.69, 9.17) is 4.74 Å². The summed E-state index contributed by atoms with van der Waals surface area (Å²) >= 11 is 0. The van der Waals surface area contributed by atoms with E-state index < -0.39 is 4.92 Å². The van der Waals surface area contributed by atoms with Crippen LogP contribution < -0.4 is 5.32 Å². The largest absolute Gasteiger partial charge is 0.372 e. The molecule has 2 heterocycles. The van der Waals surface area contributed by atoms with Crippen LogP contribution in [0.3, 0.4) is 0 Å². The highest BCUT2D eigenvalue weighted by molar-refractivity contribution is 5.76. The van der Waals surface area contributed by atoms with Crippen molar-refractivity contribution in [3.05, 3.63) is 46.3 Å². The van der Waals surface area contributed by atoms with Crippen LogP contribution >= 0.6 is 0 Å².